The summed E-state index contributed by atoms with van der Waals surface area (Å²) in [5.74, 6) is 3.27. The number of piperazine rings is 1. The van der Waals surface area contributed by atoms with Gasteiger partial charge < -0.3 is 19.5 Å². The van der Waals surface area contributed by atoms with E-state index in [2.05, 4.69) is 40.1 Å². The molecule has 2 fully saturated rings. The molecule has 0 spiro atoms. The van der Waals surface area contributed by atoms with Crippen molar-refractivity contribution in [3.05, 3.63) is 35.4 Å². The Morgan fingerprint density at radius 2 is 2.03 bits per heavy atom. The van der Waals surface area contributed by atoms with Crippen LogP contribution in [0.4, 0.5) is 5.82 Å². The van der Waals surface area contributed by atoms with E-state index in [9.17, 15) is 4.79 Å². The highest BCUT2D eigenvalue weighted by molar-refractivity contribution is 7.98. The number of likely N-dealkylation sites (N-methyl/N-ethyl adjacent to an activating group) is 1. The van der Waals surface area contributed by atoms with Crippen LogP contribution in [0, 0.1) is 5.92 Å². The number of thioether (sulfide) groups is 1. The van der Waals surface area contributed by atoms with Crippen LogP contribution in [0.5, 0.6) is 0 Å². The highest BCUT2D eigenvalue weighted by Crippen LogP contribution is 2.28. The van der Waals surface area contributed by atoms with E-state index in [1.54, 1.807) is 17.8 Å². The van der Waals surface area contributed by atoms with Crippen LogP contribution >= 0.6 is 11.8 Å². The second kappa shape index (κ2) is 9.17. The molecule has 1 aliphatic carbocycles. The van der Waals surface area contributed by atoms with E-state index in [1.807, 2.05) is 6.07 Å². The summed E-state index contributed by atoms with van der Waals surface area (Å²) >= 11 is 1.55. The fourth-order valence-electron chi connectivity index (χ4n) is 3.26. The standard InChI is InChI=1S/C21H29N5O2S/c1-3-16-12-19(26-10-8-25(2)9-11-26)24-21(23-16)29-14-17-6-7-18(28-17)20(27)22-13-15-4-5-15/h6-7,12,15H,3-5,8-11,13-14H2,1-2H3,(H,22,27). The van der Waals surface area contributed by atoms with E-state index in [4.69, 9.17) is 9.40 Å². The number of hydrogen-bond acceptors (Lipinski definition) is 7. The Kier molecular flexibility index (Phi) is 6.40. The molecule has 156 valence electrons. The third-order valence-corrected chi connectivity index (χ3v) is 6.28. The van der Waals surface area contributed by atoms with Gasteiger partial charge in [-0.1, -0.05) is 18.7 Å². The minimum atomic E-state index is -0.130. The van der Waals surface area contributed by atoms with Crippen molar-refractivity contribution in [3.8, 4) is 0 Å². The van der Waals surface area contributed by atoms with Crippen LogP contribution in [0.2, 0.25) is 0 Å². The minimum absolute atomic E-state index is 0.130. The van der Waals surface area contributed by atoms with Gasteiger partial charge in [-0.25, -0.2) is 9.97 Å². The molecule has 1 N–H and O–H groups in total. The van der Waals surface area contributed by atoms with Gasteiger partial charge in [0.1, 0.15) is 11.6 Å². The first-order valence-corrected chi connectivity index (χ1v) is 11.4. The van der Waals surface area contributed by atoms with E-state index in [0.29, 0.717) is 17.4 Å². The summed E-state index contributed by atoms with van der Waals surface area (Å²) in [5.41, 5.74) is 1.05. The molecule has 29 heavy (non-hydrogen) atoms. The van der Waals surface area contributed by atoms with Gasteiger partial charge in [0.15, 0.2) is 10.9 Å². The molecule has 1 saturated heterocycles. The molecule has 4 rings (SSSR count). The SMILES string of the molecule is CCc1cc(N2CCN(C)CC2)nc(SCc2ccc(C(=O)NCC3CC3)o2)n1. The van der Waals surface area contributed by atoms with E-state index >= 15 is 0 Å². The summed E-state index contributed by atoms with van der Waals surface area (Å²) in [4.78, 5) is 26.3. The predicted molar refractivity (Wildman–Crippen MR) is 114 cm³/mol. The number of amides is 1. The highest BCUT2D eigenvalue weighted by atomic mass is 32.2. The third-order valence-electron chi connectivity index (χ3n) is 5.41. The third kappa shape index (κ3) is 5.51. The first-order chi connectivity index (χ1) is 14.1. The molecule has 1 amide bonds. The molecule has 8 heteroatoms. The Bertz CT molecular complexity index is 843. The Balaban J connectivity index is 1.37. The average Bonchev–Trinajstić information content (AvgIpc) is 3.45. The number of furan rings is 1. The molecule has 0 aromatic carbocycles. The predicted octanol–water partition coefficient (Wildman–Crippen LogP) is 2.82. The molecule has 7 nitrogen and oxygen atoms in total. The van der Waals surface area contributed by atoms with Crippen molar-refractivity contribution >= 4 is 23.5 Å². The minimum Gasteiger partial charge on any atom is -0.455 e. The van der Waals surface area contributed by atoms with E-state index in [-0.39, 0.29) is 5.91 Å². The zero-order valence-corrected chi connectivity index (χ0v) is 18.0. The van der Waals surface area contributed by atoms with Crippen molar-refractivity contribution in [1.29, 1.82) is 0 Å². The Hall–Kier alpha value is -2.06. The maximum absolute atomic E-state index is 12.1. The highest BCUT2D eigenvalue weighted by Gasteiger charge is 2.23. The van der Waals surface area contributed by atoms with E-state index in [1.165, 1.54) is 12.8 Å². The lowest BCUT2D eigenvalue weighted by Gasteiger charge is -2.33. The van der Waals surface area contributed by atoms with Crippen molar-refractivity contribution in [2.45, 2.75) is 37.1 Å². The molecule has 2 aromatic rings. The van der Waals surface area contributed by atoms with Gasteiger partial charge in [0.25, 0.3) is 5.91 Å². The fourth-order valence-corrected chi connectivity index (χ4v) is 4.03. The Morgan fingerprint density at radius 3 is 2.76 bits per heavy atom. The first-order valence-electron chi connectivity index (χ1n) is 10.4. The lowest BCUT2D eigenvalue weighted by Crippen LogP contribution is -2.44. The zero-order valence-electron chi connectivity index (χ0n) is 17.2. The van der Waals surface area contributed by atoms with Crippen LogP contribution in [0.3, 0.4) is 0 Å². The lowest BCUT2D eigenvalue weighted by molar-refractivity contribution is 0.0922. The second-order valence-electron chi connectivity index (χ2n) is 7.85. The first kappa shape index (κ1) is 20.2. The molecular formula is C21H29N5O2S. The van der Waals surface area contributed by atoms with Crippen LogP contribution < -0.4 is 10.2 Å². The largest absolute Gasteiger partial charge is 0.455 e. The maximum Gasteiger partial charge on any atom is 0.287 e. The molecule has 2 aliphatic rings. The number of carbonyl (C=O) groups is 1. The van der Waals surface area contributed by atoms with Gasteiger partial charge in [0.05, 0.1) is 5.75 Å². The van der Waals surface area contributed by atoms with Crippen molar-refractivity contribution in [1.82, 2.24) is 20.2 Å². The normalized spacial score (nSPS) is 17.5. The molecule has 3 heterocycles. The van der Waals surface area contributed by atoms with Crippen LogP contribution in [0.1, 0.15) is 41.8 Å². The number of hydrogen-bond donors (Lipinski definition) is 1. The number of nitrogens with zero attached hydrogens (tertiary/aromatic N) is 4. The molecular weight excluding hydrogens is 386 g/mol. The van der Waals surface area contributed by atoms with Gasteiger partial charge in [-0.3, -0.25) is 4.79 Å². The summed E-state index contributed by atoms with van der Waals surface area (Å²) in [5, 5.41) is 3.70. The van der Waals surface area contributed by atoms with Gasteiger partial charge in [-0.2, -0.15) is 0 Å². The number of carbonyl (C=O) groups excluding carboxylic acids is 1. The second-order valence-corrected chi connectivity index (χ2v) is 8.79. The number of anilines is 1. The van der Waals surface area contributed by atoms with Gasteiger partial charge >= 0.3 is 0 Å². The van der Waals surface area contributed by atoms with Crippen LogP contribution in [0.15, 0.2) is 27.8 Å². The van der Waals surface area contributed by atoms with Crippen molar-refractivity contribution in [3.63, 3.8) is 0 Å². The molecule has 1 aliphatic heterocycles. The van der Waals surface area contributed by atoms with Gasteiger partial charge in [-0.05, 0) is 44.4 Å². The molecule has 1 saturated carbocycles. The molecule has 2 aromatic heterocycles. The van der Waals surface area contributed by atoms with Gasteiger partial charge in [0, 0.05) is 44.5 Å². The number of nitrogens with one attached hydrogen (secondary N) is 1. The van der Waals surface area contributed by atoms with Crippen molar-refractivity contribution in [2.75, 3.05) is 44.7 Å². The van der Waals surface area contributed by atoms with Gasteiger partial charge in [-0.15, -0.1) is 0 Å². The van der Waals surface area contributed by atoms with Crippen molar-refractivity contribution < 1.29 is 9.21 Å². The quantitative estimate of drug-likeness (QED) is 0.525. The van der Waals surface area contributed by atoms with Crippen LogP contribution in [-0.4, -0.2) is 60.5 Å². The number of aromatic nitrogens is 2. The van der Waals surface area contributed by atoms with E-state index in [0.717, 1.165) is 61.6 Å². The fraction of sp³-hybridized carbons (Fsp3) is 0.571. The number of aryl methyl sites for hydroxylation is 1. The Labute approximate surface area is 176 Å². The summed E-state index contributed by atoms with van der Waals surface area (Å²) < 4.78 is 5.73. The zero-order chi connectivity index (χ0) is 20.2. The summed E-state index contributed by atoms with van der Waals surface area (Å²) in [6.45, 7) is 6.92. The van der Waals surface area contributed by atoms with Crippen LogP contribution in [-0.2, 0) is 12.2 Å². The molecule has 0 atom stereocenters. The smallest absolute Gasteiger partial charge is 0.287 e. The molecule has 0 unspecified atom stereocenters. The summed E-state index contributed by atoms with van der Waals surface area (Å²) in [6.07, 6.45) is 3.31. The van der Waals surface area contributed by atoms with E-state index < -0.39 is 0 Å². The summed E-state index contributed by atoms with van der Waals surface area (Å²) in [7, 11) is 2.15. The average molecular weight is 416 g/mol. The van der Waals surface area contributed by atoms with Crippen LogP contribution in [0.25, 0.3) is 0 Å². The molecule has 0 radical (unpaired) electrons. The lowest BCUT2D eigenvalue weighted by atomic mass is 10.3. The summed E-state index contributed by atoms with van der Waals surface area (Å²) in [6, 6.07) is 5.71. The molecule has 0 bridgehead atoms. The van der Waals surface area contributed by atoms with Crippen molar-refractivity contribution in [2.24, 2.45) is 5.92 Å². The number of rotatable bonds is 8. The topological polar surface area (TPSA) is 74.5 Å². The monoisotopic (exact) mass is 415 g/mol. The maximum atomic E-state index is 12.1. The van der Waals surface area contributed by atoms with Gasteiger partial charge in [0.2, 0.25) is 0 Å². The Morgan fingerprint density at radius 1 is 1.24 bits per heavy atom.